The molecule has 3 rings (SSSR count). The van der Waals surface area contributed by atoms with Gasteiger partial charge < -0.3 is 0 Å². The Balaban J connectivity index is 1.97. The number of anilines is 1. The molecule has 2 nitrogen and oxygen atoms in total. The molecule has 19 heavy (non-hydrogen) atoms. The van der Waals surface area contributed by atoms with Crippen LogP contribution in [0, 0.1) is 0 Å². The van der Waals surface area contributed by atoms with Crippen LogP contribution in [0.15, 0.2) is 53.6 Å². The van der Waals surface area contributed by atoms with E-state index >= 15 is 0 Å². The normalized spacial score (nSPS) is 18.0. The van der Waals surface area contributed by atoms with Crippen LogP contribution in [0.25, 0.3) is 0 Å². The second kappa shape index (κ2) is 5.24. The molecule has 1 aliphatic rings. The fraction of sp³-hybridized carbons (Fsp3) is 0.133. The first-order valence-electron chi connectivity index (χ1n) is 6.07. The maximum atomic E-state index is 6.26. The second-order valence-corrected chi connectivity index (χ2v) is 5.24. The summed E-state index contributed by atoms with van der Waals surface area (Å²) in [6.45, 7) is 0. The SMILES string of the molecule is Clc1ccc(N2N=CCC2c2ccccc2)c(Cl)c1. The minimum absolute atomic E-state index is 0.194. The Morgan fingerprint density at radius 2 is 1.84 bits per heavy atom. The van der Waals surface area contributed by atoms with Crippen LogP contribution in [-0.4, -0.2) is 6.21 Å². The van der Waals surface area contributed by atoms with Gasteiger partial charge in [0, 0.05) is 17.7 Å². The van der Waals surface area contributed by atoms with Gasteiger partial charge in [0.1, 0.15) is 0 Å². The van der Waals surface area contributed by atoms with Crippen molar-refractivity contribution in [2.24, 2.45) is 5.10 Å². The lowest BCUT2D eigenvalue weighted by atomic mass is 10.0. The van der Waals surface area contributed by atoms with Crippen LogP contribution in [0.3, 0.4) is 0 Å². The Morgan fingerprint density at radius 1 is 1.05 bits per heavy atom. The van der Waals surface area contributed by atoms with Crippen molar-refractivity contribution in [1.82, 2.24) is 0 Å². The third-order valence-electron chi connectivity index (χ3n) is 3.17. The molecule has 0 fully saturated rings. The van der Waals surface area contributed by atoms with Crippen molar-refractivity contribution in [2.45, 2.75) is 12.5 Å². The van der Waals surface area contributed by atoms with E-state index in [4.69, 9.17) is 23.2 Å². The summed E-state index contributed by atoms with van der Waals surface area (Å²) in [6, 6.07) is 16.0. The predicted molar refractivity (Wildman–Crippen MR) is 81.2 cm³/mol. The van der Waals surface area contributed by atoms with Crippen molar-refractivity contribution >= 4 is 35.1 Å². The second-order valence-electron chi connectivity index (χ2n) is 4.40. The molecule has 1 unspecified atom stereocenters. The van der Waals surface area contributed by atoms with Gasteiger partial charge in [-0.05, 0) is 23.8 Å². The summed E-state index contributed by atoms with van der Waals surface area (Å²) >= 11 is 12.2. The van der Waals surface area contributed by atoms with Gasteiger partial charge >= 0.3 is 0 Å². The van der Waals surface area contributed by atoms with E-state index in [0.29, 0.717) is 10.0 Å². The summed E-state index contributed by atoms with van der Waals surface area (Å²) in [6.07, 6.45) is 2.80. The molecule has 0 radical (unpaired) electrons. The van der Waals surface area contributed by atoms with Crippen LogP contribution in [0.2, 0.25) is 10.0 Å². The Labute approximate surface area is 122 Å². The average Bonchev–Trinajstić information content (AvgIpc) is 2.89. The first kappa shape index (κ1) is 12.5. The standard InChI is InChI=1S/C15H12Cl2N2/c16-12-6-7-15(13(17)10-12)19-14(8-9-18-19)11-4-2-1-3-5-11/h1-7,9-10,14H,8H2. The first-order valence-corrected chi connectivity index (χ1v) is 6.83. The van der Waals surface area contributed by atoms with E-state index in [1.54, 1.807) is 6.07 Å². The van der Waals surface area contributed by atoms with E-state index in [9.17, 15) is 0 Å². The number of hydrazone groups is 1. The third-order valence-corrected chi connectivity index (χ3v) is 3.71. The number of halogens is 2. The van der Waals surface area contributed by atoms with Gasteiger partial charge in [0.15, 0.2) is 0 Å². The van der Waals surface area contributed by atoms with Gasteiger partial charge in [-0.15, -0.1) is 0 Å². The minimum atomic E-state index is 0.194. The zero-order valence-corrected chi connectivity index (χ0v) is 11.6. The molecule has 96 valence electrons. The topological polar surface area (TPSA) is 15.6 Å². The lowest BCUT2D eigenvalue weighted by molar-refractivity contribution is 0.710. The number of rotatable bonds is 2. The molecular weight excluding hydrogens is 279 g/mol. The Bertz CT molecular complexity index is 611. The summed E-state index contributed by atoms with van der Waals surface area (Å²) in [7, 11) is 0. The monoisotopic (exact) mass is 290 g/mol. The summed E-state index contributed by atoms with van der Waals surface area (Å²) in [5, 5.41) is 7.64. The fourth-order valence-electron chi connectivity index (χ4n) is 2.26. The molecule has 1 heterocycles. The highest BCUT2D eigenvalue weighted by Gasteiger charge is 2.25. The van der Waals surface area contributed by atoms with Crippen molar-refractivity contribution in [1.29, 1.82) is 0 Å². The van der Waals surface area contributed by atoms with Crippen LogP contribution in [-0.2, 0) is 0 Å². The van der Waals surface area contributed by atoms with Crippen molar-refractivity contribution in [3.8, 4) is 0 Å². The maximum Gasteiger partial charge on any atom is 0.0825 e. The van der Waals surface area contributed by atoms with Crippen LogP contribution in [0.1, 0.15) is 18.0 Å². The molecule has 1 atom stereocenters. The van der Waals surface area contributed by atoms with Crippen LogP contribution in [0.5, 0.6) is 0 Å². The number of hydrogen-bond acceptors (Lipinski definition) is 2. The molecule has 2 aromatic carbocycles. The number of nitrogens with zero attached hydrogens (tertiary/aromatic N) is 2. The summed E-state index contributed by atoms with van der Waals surface area (Å²) in [5.74, 6) is 0. The van der Waals surface area contributed by atoms with Crippen LogP contribution < -0.4 is 5.01 Å². The lowest BCUT2D eigenvalue weighted by Gasteiger charge is -2.25. The fourth-order valence-corrected chi connectivity index (χ4v) is 2.76. The Kier molecular flexibility index (Phi) is 3.45. The van der Waals surface area contributed by atoms with Gasteiger partial charge in [-0.3, -0.25) is 5.01 Å². The lowest BCUT2D eigenvalue weighted by Crippen LogP contribution is -2.18. The highest BCUT2D eigenvalue weighted by molar-refractivity contribution is 6.36. The molecule has 0 aromatic heterocycles. The van der Waals surface area contributed by atoms with Gasteiger partial charge in [0.25, 0.3) is 0 Å². The van der Waals surface area contributed by atoms with Crippen LogP contribution in [0.4, 0.5) is 5.69 Å². The molecule has 1 aliphatic heterocycles. The highest BCUT2D eigenvalue weighted by Crippen LogP contribution is 2.37. The number of hydrogen-bond donors (Lipinski definition) is 0. The first-order chi connectivity index (χ1) is 9.25. The smallest absolute Gasteiger partial charge is 0.0825 e. The minimum Gasteiger partial charge on any atom is -0.256 e. The zero-order chi connectivity index (χ0) is 13.2. The average molecular weight is 291 g/mol. The highest BCUT2D eigenvalue weighted by atomic mass is 35.5. The Morgan fingerprint density at radius 3 is 2.58 bits per heavy atom. The molecule has 0 aliphatic carbocycles. The van der Waals surface area contributed by atoms with Crippen molar-refractivity contribution < 1.29 is 0 Å². The number of benzene rings is 2. The zero-order valence-electron chi connectivity index (χ0n) is 10.1. The molecule has 4 heteroatoms. The molecule has 0 saturated heterocycles. The van der Waals surface area contributed by atoms with E-state index in [-0.39, 0.29) is 6.04 Å². The summed E-state index contributed by atoms with van der Waals surface area (Å²) in [5.41, 5.74) is 2.11. The molecule has 0 amide bonds. The molecule has 0 spiro atoms. The van der Waals surface area contributed by atoms with Gasteiger partial charge in [0.05, 0.1) is 16.8 Å². The van der Waals surface area contributed by atoms with E-state index in [1.807, 2.05) is 41.6 Å². The summed E-state index contributed by atoms with van der Waals surface area (Å²) in [4.78, 5) is 0. The van der Waals surface area contributed by atoms with Crippen molar-refractivity contribution in [3.63, 3.8) is 0 Å². The quantitative estimate of drug-likeness (QED) is 0.766. The third kappa shape index (κ3) is 2.46. The largest absolute Gasteiger partial charge is 0.256 e. The van der Waals surface area contributed by atoms with E-state index in [2.05, 4.69) is 17.2 Å². The molecule has 2 aromatic rings. The van der Waals surface area contributed by atoms with Gasteiger partial charge in [0.2, 0.25) is 0 Å². The van der Waals surface area contributed by atoms with Crippen LogP contribution >= 0.6 is 23.2 Å². The Hall–Kier alpha value is -1.51. The van der Waals surface area contributed by atoms with Gasteiger partial charge in [-0.2, -0.15) is 5.10 Å². The predicted octanol–water partition coefficient (Wildman–Crippen LogP) is 4.93. The van der Waals surface area contributed by atoms with E-state index in [0.717, 1.165) is 12.1 Å². The molecule has 0 saturated carbocycles. The van der Waals surface area contributed by atoms with Crippen molar-refractivity contribution in [3.05, 3.63) is 64.1 Å². The maximum absolute atomic E-state index is 6.26. The summed E-state index contributed by atoms with van der Waals surface area (Å²) < 4.78 is 0. The van der Waals surface area contributed by atoms with E-state index in [1.165, 1.54) is 5.56 Å². The molecule has 0 bridgehead atoms. The van der Waals surface area contributed by atoms with Crippen molar-refractivity contribution in [2.75, 3.05) is 5.01 Å². The van der Waals surface area contributed by atoms with E-state index < -0.39 is 0 Å². The van der Waals surface area contributed by atoms with Gasteiger partial charge in [-0.1, -0.05) is 53.5 Å². The van der Waals surface area contributed by atoms with Gasteiger partial charge in [-0.25, -0.2) is 0 Å². The molecule has 0 N–H and O–H groups in total. The molecular formula is C15H12Cl2N2.